The van der Waals surface area contributed by atoms with E-state index in [1.54, 1.807) is 25.1 Å². The van der Waals surface area contributed by atoms with Gasteiger partial charge in [0.25, 0.3) is 15.7 Å². The van der Waals surface area contributed by atoms with Gasteiger partial charge in [-0.15, -0.1) is 0 Å². The third-order valence-corrected chi connectivity index (χ3v) is 5.27. The first-order chi connectivity index (χ1) is 11.4. The van der Waals surface area contributed by atoms with Crippen molar-refractivity contribution in [2.45, 2.75) is 24.7 Å². The van der Waals surface area contributed by atoms with Crippen LogP contribution in [-0.2, 0) is 22.9 Å². The van der Waals surface area contributed by atoms with Crippen molar-refractivity contribution >= 4 is 21.4 Å². The highest BCUT2D eigenvalue weighted by Gasteiger charge is 2.21. The zero-order valence-electron chi connectivity index (χ0n) is 13.0. The number of nitrogens with zero attached hydrogens (tertiary/aromatic N) is 1. The van der Waals surface area contributed by atoms with E-state index in [1.165, 1.54) is 18.2 Å². The molecule has 0 aromatic heterocycles. The van der Waals surface area contributed by atoms with Crippen LogP contribution in [0.25, 0.3) is 0 Å². The fraction of sp³-hybridized carbons (Fsp3) is 0.250. The Morgan fingerprint density at radius 2 is 2.04 bits per heavy atom. The van der Waals surface area contributed by atoms with Crippen molar-refractivity contribution in [2.24, 2.45) is 0 Å². The van der Waals surface area contributed by atoms with Crippen molar-refractivity contribution in [3.8, 4) is 5.75 Å². The minimum Gasteiger partial charge on any atom is -0.493 e. The predicted molar refractivity (Wildman–Crippen MR) is 88.9 cm³/mol. The number of anilines is 1. The molecule has 0 amide bonds. The van der Waals surface area contributed by atoms with Gasteiger partial charge in [-0.25, -0.2) is 8.42 Å². The molecule has 3 rings (SSSR count). The Hall–Kier alpha value is -2.61. The number of nitrogens with one attached hydrogen (secondary N) is 1. The topological polar surface area (TPSA) is 98.5 Å². The Morgan fingerprint density at radius 1 is 1.25 bits per heavy atom. The molecule has 0 saturated heterocycles. The molecule has 0 fully saturated rings. The third kappa shape index (κ3) is 3.05. The number of hydrogen-bond acceptors (Lipinski definition) is 5. The molecular weight excluding hydrogens is 332 g/mol. The van der Waals surface area contributed by atoms with Gasteiger partial charge in [0.1, 0.15) is 5.75 Å². The Labute approximate surface area is 139 Å². The highest BCUT2D eigenvalue weighted by Crippen LogP contribution is 2.29. The molecule has 24 heavy (non-hydrogen) atoms. The van der Waals surface area contributed by atoms with E-state index < -0.39 is 14.9 Å². The Morgan fingerprint density at radius 3 is 2.75 bits per heavy atom. The SMILES string of the molecule is CCc1ccc(NS(=O)(=O)c2ccc3c(c2)CCO3)cc1[N+](=O)[O-]. The molecule has 7 nitrogen and oxygen atoms in total. The molecule has 0 radical (unpaired) electrons. The van der Waals surface area contributed by atoms with E-state index in [0.29, 0.717) is 30.8 Å². The van der Waals surface area contributed by atoms with E-state index in [4.69, 9.17) is 4.74 Å². The van der Waals surface area contributed by atoms with E-state index >= 15 is 0 Å². The van der Waals surface area contributed by atoms with Crippen LogP contribution >= 0.6 is 0 Å². The third-order valence-electron chi connectivity index (χ3n) is 3.89. The lowest BCUT2D eigenvalue weighted by atomic mass is 10.1. The summed E-state index contributed by atoms with van der Waals surface area (Å²) in [7, 11) is -3.83. The number of hydrogen-bond donors (Lipinski definition) is 1. The number of nitro groups is 1. The molecule has 1 heterocycles. The number of ether oxygens (including phenoxy) is 1. The van der Waals surface area contributed by atoms with Crippen LogP contribution < -0.4 is 9.46 Å². The van der Waals surface area contributed by atoms with Gasteiger partial charge in [-0.1, -0.05) is 13.0 Å². The average molecular weight is 348 g/mol. The van der Waals surface area contributed by atoms with Crippen LogP contribution in [0, 0.1) is 10.1 Å². The van der Waals surface area contributed by atoms with Gasteiger partial charge in [-0.05, 0) is 36.2 Å². The Kier molecular flexibility index (Phi) is 4.15. The molecule has 0 aliphatic carbocycles. The van der Waals surface area contributed by atoms with Crippen molar-refractivity contribution in [2.75, 3.05) is 11.3 Å². The molecule has 2 aromatic carbocycles. The summed E-state index contributed by atoms with van der Waals surface area (Å²) in [5.74, 6) is 0.692. The molecule has 0 bridgehead atoms. The van der Waals surface area contributed by atoms with Crippen LogP contribution in [0.1, 0.15) is 18.1 Å². The van der Waals surface area contributed by atoms with Crippen molar-refractivity contribution in [1.29, 1.82) is 0 Å². The van der Waals surface area contributed by atoms with E-state index in [0.717, 1.165) is 5.56 Å². The van der Waals surface area contributed by atoms with Gasteiger partial charge in [-0.2, -0.15) is 0 Å². The molecule has 0 unspecified atom stereocenters. The molecule has 8 heteroatoms. The fourth-order valence-corrected chi connectivity index (χ4v) is 3.74. The Bertz CT molecular complexity index is 909. The minimum absolute atomic E-state index is 0.0972. The van der Waals surface area contributed by atoms with E-state index in [9.17, 15) is 18.5 Å². The van der Waals surface area contributed by atoms with Gasteiger partial charge in [0.05, 0.1) is 22.1 Å². The van der Waals surface area contributed by atoms with Gasteiger partial charge in [0.15, 0.2) is 0 Å². The number of nitro benzene ring substituents is 1. The van der Waals surface area contributed by atoms with Gasteiger partial charge in [-0.3, -0.25) is 14.8 Å². The maximum atomic E-state index is 12.5. The number of benzene rings is 2. The summed E-state index contributed by atoms with van der Waals surface area (Å²) in [6.07, 6.45) is 1.16. The number of sulfonamides is 1. The quantitative estimate of drug-likeness (QED) is 0.662. The smallest absolute Gasteiger partial charge is 0.274 e. The maximum absolute atomic E-state index is 12.5. The molecule has 126 valence electrons. The molecule has 0 spiro atoms. The molecule has 0 atom stereocenters. The Balaban J connectivity index is 1.92. The molecule has 0 saturated carbocycles. The zero-order chi connectivity index (χ0) is 17.3. The van der Waals surface area contributed by atoms with Crippen molar-refractivity contribution in [3.05, 3.63) is 57.6 Å². The van der Waals surface area contributed by atoms with E-state index in [2.05, 4.69) is 4.72 Å². The minimum atomic E-state index is -3.83. The second kappa shape index (κ2) is 6.12. The summed E-state index contributed by atoms with van der Waals surface area (Å²) in [6, 6.07) is 8.99. The molecule has 1 N–H and O–H groups in total. The van der Waals surface area contributed by atoms with Crippen LogP contribution in [0.2, 0.25) is 0 Å². The first-order valence-corrected chi connectivity index (χ1v) is 8.95. The van der Waals surface area contributed by atoms with Gasteiger partial charge < -0.3 is 4.74 Å². The van der Waals surface area contributed by atoms with Crippen LogP contribution in [0.4, 0.5) is 11.4 Å². The summed E-state index contributed by atoms with van der Waals surface area (Å²) >= 11 is 0. The van der Waals surface area contributed by atoms with Crippen LogP contribution in [0.3, 0.4) is 0 Å². The van der Waals surface area contributed by atoms with E-state index in [1.807, 2.05) is 0 Å². The zero-order valence-corrected chi connectivity index (χ0v) is 13.8. The number of rotatable bonds is 5. The summed E-state index contributed by atoms with van der Waals surface area (Å²) in [4.78, 5) is 10.7. The lowest BCUT2D eigenvalue weighted by Crippen LogP contribution is -2.13. The number of aryl methyl sites for hydroxylation is 1. The van der Waals surface area contributed by atoms with Crippen LogP contribution in [0.5, 0.6) is 5.75 Å². The largest absolute Gasteiger partial charge is 0.493 e. The summed E-state index contributed by atoms with van der Waals surface area (Å²) < 4.78 is 32.8. The molecular formula is C16H16N2O5S. The van der Waals surface area contributed by atoms with Crippen LogP contribution in [0.15, 0.2) is 41.3 Å². The first-order valence-electron chi connectivity index (χ1n) is 7.46. The molecule has 1 aliphatic heterocycles. The highest BCUT2D eigenvalue weighted by atomic mass is 32.2. The summed E-state index contributed by atoms with van der Waals surface area (Å²) in [6.45, 7) is 2.34. The predicted octanol–water partition coefficient (Wildman–Crippen LogP) is 2.89. The van der Waals surface area contributed by atoms with Gasteiger partial charge in [0, 0.05) is 18.1 Å². The van der Waals surface area contributed by atoms with Crippen molar-refractivity contribution in [3.63, 3.8) is 0 Å². The van der Waals surface area contributed by atoms with Crippen LogP contribution in [-0.4, -0.2) is 19.9 Å². The van der Waals surface area contributed by atoms with E-state index in [-0.39, 0.29) is 16.3 Å². The maximum Gasteiger partial charge on any atom is 0.274 e. The van der Waals surface area contributed by atoms with Crippen molar-refractivity contribution in [1.82, 2.24) is 0 Å². The molecule has 2 aromatic rings. The second-order valence-corrected chi connectivity index (χ2v) is 7.11. The fourth-order valence-electron chi connectivity index (χ4n) is 2.64. The lowest BCUT2D eigenvalue weighted by molar-refractivity contribution is -0.385. The highest BCUT2D eigenvalue weighted by molar-refractivity contribution is 7.92. The van der Waals surface area contributed by atoms with Crippen molar-refractivity contribution < 1.29 is 18.1 Å². The normalized spacial score (nSPS) is 13.2. The lowest BCUT2D eigenvalue weighted by Gasteiger charge is -2.10. The van der Waals surface area contributed by atoms with Gasteiger partial charge >= 0.3 is 0 Å². The molecule has 1 aliphatic rings. The first kappa shape index (κ1) is 16.3. The average Bonchev–Trinajstić information content (AvgIpc) is 3.02. The number of fused-ring (bicyclic) bond motifs is 1. The standard InChI is InChI=1S/C16H16N2O5S/c1-2-11-3-4-13(10-15(11)18(19)20)17-24(21,22)14-5-6-16-12(9-14)7-8-23-16/h3-6,9-10,17H,2,7-8H2,1H3. The second-order valence-electron chi connectivity index (χ2n) is 5.43. The monoisotopic (exact) mass is 348 g/mol. The summed E-state index contributed by atoms with van der Waals surface area (Å²) in [5.41, 5.74) is 1.46. The van der Waals surface area contributed by atoms with Gasteiger partial charge in [0.2, 0.25) is 0 Å². The summed E-state index contributed by atoms with van der Waals surface area (Å²) in [5, 5.41) is 11.1.